The van der Waals surface area contributed by atoms with Crippen LogP contribution in [-0.4, -0.2) is 0 Å². The van der Waals surface area contributed by atoms with Crippen molar-refractivity contribution in [1.29, 1.82) is 0 Å². The second-order valence-electron chi connectivity index (χ2n) is 4.60. The molecule has 0 atom stereocenters. The monoisotopic (exact) mass is 244 g/mol. The van der Waals surface area contributed by atoms with Crippen LogP contribution in [0.15, 0.2) is 48.5 Å². The zero-order valence-corrected chi connectivity index (χ0v) is 10.7. The molecular formula is C16H17FO. The number of ether oxygens (including phenoxy) is 1. The van der Waals surface area contributed by atoms with Gasteiger partial charge in [-0.3, -0.25) is 0 Å². The minimum Gasteiger partial charge on any atom is -0.489 e. The van der Waals surface area contributed by atoms with Gasteiger partial charge in [0.1, 0.15) is 18.2 Å². The molecule has 0 spiro atoms. The molecule has 0 fully saturated rings. The zero-order chi connectivity index (χ0) is 13.0. The molecule has 0 amide bonds. The van der Waals surface area contributed by atoms with Crippen LogP contribution in [0.3, 0.4) is 0 Å². The Kier molecular flexibility index (Phi) is 3.98. The van der Waals surface area contributed by atoms with Crippen molar-refractivity contribution in [2.24, 2.45) is 0 Å². The fraction of sp³-hybridized carbons (Fsp3) is 0.250. The fourth-order valence-electron chi connectivity index (χ4n) is 1.73. The summed E-state index contributed by atoms with van der Waals surface area (Å²) in [6, 6.07) is 14.6. The van der Waals surface area contributed by atoms with E-state index >= 15 is 0 Å². The number of hydrogen-bond donors (Lipinski definition) is 0. The zero-order valence-electron chi connectivity index (χ0n) is 10.7. The highest BCUT2D eigenvalue weighted by Gasteiger charge is 2.02. The van der Waals surface area contributed by atoms with Gasteiger partial charge in [0.05, 0.1) is 0 Å². The molecule has 2 aromatic rings. The molecule has 2 heteroatoms. The quantitative estimate of drug-likeness (QED) is 0.767. The molecule has 0 N–H and O–H groups in total. The summed E-state index contributed by atoms with van der Waals surface area (Å²) in [4.78, 5) is 0. The number of benzene rings is 2. The van der Waals surface area contributed by atoms with Crippen molar-refractivity contribution in [2.45, 2.75) is 26.4 Å². The molecule has 0 heterocycles. The predicted octanol–water partition coefficient (Wildman–Crippen LogP) is 4.53. The molecule has 0 unspecified atom stereocenters. The lowest BCUT2D eigenvalue weighted by atomic mass is 10.0. The van der Waals surface area contributed by atoms with E-state index in [1.807, 2.05) is 30.3 Å². The van der Waals surface area contributed by atoms with Gasteiger partial charge in [0.2, 0.25) is 0 Å². The first-order valence-electron chi connectivity index (χ1n) is 6.13. The van der Waals surface area contributed by atoms with E-state index in [4.69, 9.17) is 4.74 Å². The van der Waals surface area contributed by atoms with Crippen molar-refractivity contribution < 1.29 is 9.13 Å². The average molecular weight is 244 g/mol. The van der Waals surface area contributed by atoms with E-state index in [-0.39, 0.29) is 12.4 Å². The van der Waals surface area contributed by atoms with Gasteiger partial charge in [0, 0.05) is 5.56 Å². The fourth-order valence-corrected chi connectivity index (χ4v) is 1.73. The molecule has 2 aromatic carbocycles. The Morgan fingerprint density at radius 1 is 1.00 bits per heavy atom. The molecule has 0 saturated carbocycles. The molecule has 1 nitrogen and oxygen atoms in total. The number of hydrogen-bond acceptors (Lipinski definition) is 1. The van der Waals surface area contributed by atoms with Gasteiger partial charge in [-0.2, -0.15) is 0 Å². The lowest BCUT2D eigenvalue weighted by Crippen LogP contribution is -1.98. The van der Waals surface area contributed by atoms with E-state index in [9.17, 15) is 4.39 Å². The van der Waals surface area contributed by atoms with Gasteiger partial charge >= 0.3 is 0 Å². The van der Waals surface area contributed by atoms with Gasteiger partial charge in [-0.1, -0.05) is 44.2 Å². The lowest BCUT2D eigenvalue weighted by molar-refractivity contribution is 0.300. The summed E-state index contributed by atoms with van der Waals surface area (Å²) in [5, 5.41) is 0. The van der Waals surface area contributed by atoms with Crippen molar-refractivity contribution in [1.82, 2.24) is 0 Å². The number of rotatable bonds is 4. The largest absolute Gasteiger partial charge is 0.489 e. The average Bonchev–Trinajstić information content (AvgIpc) is 2.38. The van der Waals surface area contributed by atoms with Crippen LogP contribution in [0.4, 0.5) is 4.39 Å². The van der Waals surface area contributed by atoms with Gasteiger partial charge < -0.3 is 4.74 Å². The highest BCUT2D eigenvalue weighted by Crippen LogP contribution is 2.19. The van der Waals surface area contributed by atoms with Crippen LogP contribution in [0.1, 0.15) is 30.9 Å². The first-order valence-corrected chi connectivity index (χ1v) is 6.13. The highest BCUT2D eigenvalue weighted by molar-refractivity contribution is 5.29. The normalized spacial score (nSPS) is 10.7. The van der Waals surface area contributed by atoms with Crippen LogP contribution in [0.5, 0.6) is 5.75 Å². The standard InChI is InChI=1S/C16H17FO/c1-12(2)13-7-9-15(10-8-13)18-11-14-5-3-4-6-16(14)17/h3-10,12H,11H2,1-2H3. The third-order valence-electron chi connectivity index (χ3n) is 2.90. The molecule has 0 radical (unpaired) electrons. The minimum atomic E-state index is -0.226. The van der Waals surface area contributed by atoms with Crippen LogP contribution in [0.25, 0.3) is 0 Å². The van der Waals surface area contributed by atoms with Crippen molar-refractivity contribution >= 4 is 0 Å². The second kappa shape index (κ2) is 5.67. The van der Waals surface area contributed by atoms with Crippen LogP contribution in [0.2, 0.25) is 0 Å². The Balaban J connectivity index is 2.00. The van der Waals surface area contributed by atoms with E-state index in [2.05, 4.69) is 13.8 Å². The summed E-state index contributed by atoms with van der Waals surface area (Å²) >= 11 is 0. The van der Waals surface area contributed by atoms with Crippen molar-refractivity contribution in [3.63, 3.8) is 0 Å². The predicted molar refractivity (Wildman–Crippen MR) is 71.3 cm³/mol. The molecule has 0 aromatic heterocycles. The molecule has 0 saturated heterocycles. The maximum atomic E-state index is 13.4. The summed E-state index contributed by atoms with van der Waals surface area (Å²) in [7, 11) is 0. The van der Waals surface area contributed by atoms with Crippen molar-refractivity contribution in [3.8, 4) is 5.75 Å². The van der Waals surface area contributed by atoms with Crippen LogP contribution < -0.4 is 4.74 Å². The molecule has 0 bridgehead atoms. The van der Waals surface area contributed by atoms with Gasteiger partial charge in [0.25, 0.3) is 0 Å². The summed E-state index contributed by atoms with van der Waals surface area (Å²) < 4.78 is 18.9. The van der Waals surface area contributed by atoms with Gasteiger partial charge in [-0.25, -0.2) is 4.39 Å². The van der Waals surface area contributed by atoms with E-state index in [1.165, 1.54) is 11.6 Å². The molecule has 94 valence electrons. The van der Waals surface area contributed by atoms with Gasteiger partial charge in [-0.05, 0) is 29.7 Å². The summed E-state index contributed by atoms with van der Waals surface area (Å²) in [5.74, 6) is 1.05. The minimum absolute atomic E-state index is 0.226. The first-order chi connectivity index (χ1) is 8.66. The lowest BCUT2D eigenvalue weighted by Gasteiger charge is -2.09. The first kappa shape index (κ1) is 12.6. The van der Waals surface area contributed by atoms with Gasteiger partial charge in [-0.15, -0.1) is 0 Å². The Labute approximate surface area is 107 Å². The van der Waals surface area contributed by atoms with E-state index in [0.717, 1.165) is 5.75 Å². The van der Waals surface area contributed by atoms with Crippen LogP contribution >= 0.6 is 0 Å². The van der Waals surface area contributed by atoms with Gasteiger partial charge in [0.15, 0.2) is 0 Å². The highest BCUT2D eigenvalue weighted by atomic mass is 19.1. The third kappa shape index (κ3) is 3.10. The molecular weight excluding hydrogens is 227 g/mol. The molecule has 2 rings (SSSR count). The smallest absolute Gasteiger partial charge is 0.129 e. The Bertz CT molecular complexity index is 503. The molecule has 0 aliphatic heterocycles. The van der Waals surface area contributed by atoms with E-state index in [0.29, 0.717) is 11.5 Å². The van der Waals surface area contributed by atoms with Crippen LogP contribution in [-0.2, 0) is 6.61 Å². The Morgan fingerprint density at radius 3 is 2.28 bits per heavy atom. The molecule has 0 aliphatic carbocycles. The van der Waals surface area contributed by atoms with E-state index < -0.39 is 0 Å². The Morgan fingerprint density at radius 2 is 1.67 bits per heavy atom. The van der Waals surface area contributed by atoms with Crippen molar-refractivity contribution in [2.75, 3.05) is 0 Å². The SMILES string of the molecule is CC(C)c1ccc(OCc2ccccc2F)cc1. The Hall–Kier alpha value is -1.83. The van der Waals surface area contributed by atoms with Crippen LogP contribution in [0, 0.1) is 5.82 Å². The second-order valence-corrected chi connectivity index (χ2v) is 4.60. The number of halogens is 1. The summed E-state index contributed by atoms with van der Waals surface area (Å²) in [6.45, 7) is 4.55. The summed E-state index contributed by atoms with van der Waals surface area (Å²) in [6.07, 6.45) is 0. The topological polar surface area (TPSA) is 9.23 Å². The summed E-state index contributed by atoms with van der Waals surface area (Å²) in [5.41, 5.74) is 1.85. The maximum Gasteiger partial charge on any atom is 0.129 e. The molecule has 0 aliphatic rings. The van der Waals surface area contributed by atoms with E-state index in [1.54, 1.807) is 12.1 Å². The third-order valence-corrected chi connectivity index (χ3v) is 2.90. The molecule has 18 heavy (non-hydrogen) atoms. The van der Waals surface area contributed by atoms with Crippen molar-refractivity contribution in [3.05, 3.63) is 65.5 Å². The maximum absolute atomic E-state index is 13.4.